The summed E-state index contributed by atoms with van der Waals surface area (Å²) in [6.07, 6.45) is 7.43. The number of nitrogens with zero attached hydrogens (tertiary/aromatic N) is 5. The Kier molecular flexibility index (Phi) is 4.33. The Hall–Kier alpha value is -3.47. The van der Waals surface area contributed by atoms with Crippen molar-refractivity contribution in [3.8, 4) is 11.3 Å². The predicted octanol–water partition coefficient (Wildman–Crippen LogP) is 4.02. The van der Waals surface area contributed by atoms with Gasteiger partial charge >= 0.3 is 0 Å². The van der Waals surface area contributed by atoms with Gasteiger partial charge in [-0.25, -0.2) is 4.98 Å². The van der Waals surface area contributed by atoms with Crippen molar-refractivity contribution in [1.82, 2.24) is 15.0 Å². The van der Waals surface area contributed by atoms with E-state index in [1.165, 1.54) is 16.5 Å². The number of hydrogen-bond acceptors (Lipinski definition) is 5. The zero-order valence-corrected chi connectivity index (χ0v) is 15.6. The summed E-state index contributed by atoms with van der Waals surface area (Å²) < 4.78 is 0. The minimum atomic E-state index is 0.922. The third kappa shape index (κ3) is 3.16. The highest BCUT2D eigenvalue weighted by atomic mass is 15.3. The monoisotopic (exact) mass is 367 g/mol. The predicted molar refractivity (Wildman–Crippen MR) is 114 cm³/mol. The number of anilines is 2. The van der Waals surface area contributed by atoms with Gasteiger partial charge in [0.1, 0.15) is 5.82 Å². The lowest BCUT2D eigenvalue weighted by atomic mass is 10.0. The van der Waals surface area contributed by atoms with Gasteiger partial charge in [-0.05, 0) is 22.9 Å². The van der Waals surface area contributed by atoms with E-state index in [1.807, 2.05) is 24.8 Å². The highest BCUT2D eigenvalue weighted by molar-refractivity contribution is 5.95. The molecular formula is C23H21N5. The average molecular weight is 367 g/mol. The third-order valence-electron chi connectivity index (χ3n) is 5.32. The fourth-order valence-electron chi connectivity index (χ4n) is 3.84. The van der Waals surface area contributed by atoms with E-state index in [0.717, 1.165) is 43.3 Å². The first-order chi connectivity index (χ1) is 13.9. The van der Waals surface area contributed by atoms with Gasteiger partial charge < -0.3 is 9.80 Å². The minimum Gasteiger partial charge on any atom is -0.368 e. The Morgan fingerprint density at radius 2 is 1.43 bits per heavy atom. The summed E-state index contributed by atoms with van der Waals surface area (Å²) in [7, 11) is 0. The summed E-state index contributed by atoms with van der Waals surface area (Å²) in [5, 5.41) is 2.43. The van der Waals surface area contributed by atoms with Crippen molar-refractivity contribution in [2.45, 2.75) is 0 Å². The zero-order chi connectivity index (χ0) is 18.8. The molecule has 138 valence electrons. The van der Waals surface area contributed by atoms with Crippen LogP contribution in [0.2, 0.25) is 0 Å². The van der Waals surface area contributed by atoms with E-state index in [4.69, 9.17) is 4.98 Å². The summed E-state index contributed by atoms with van der Waals surface area (Å²) in [6, 6.07) is 18.9. The summed E-state index contributed by atoms with van der Waals surface area (Å²) in [6.45, 7) is 3.78. The first-order valence-electron chi connectivity index (χ1n) is 9.58. The van der Waals surface area contributed by atoms with Crippen LogP contribution >= 0.6 is 0 Å². The smallest absolute Gasteiger partial charge is 0.147 e. The molecule has 5 heteroatoms. The van der Waals surface area contributed by atoms with Crippen LogP contribution in [0.1, 0.15) is 0 Å². The molecule has 0 saturated carbocycles. The highest BCUT2D eigenvalue weighted by Gasteiger charge is 2.19. The Morgan fingerprint density at radius 3 is 2.29 bits per heavy atom. The number of aromatic nitrogens is 3. The molecule has 0 N–H and O–H groups in total. The van der Waals surface area contributed by atoms with Gasteiger partial charge in [-0.3, -0.25) is 9.97 Å². The van der Waals surface area contributed by atoms with Crippen LogP contribution < -0.4 is 9.80 Å². The molecule has 0 bridgehead atoms. The topological polar surface area (TPSA) is 45.2 Å². The minimum absolute atomic E-state index is 0.922. The molecule has 0 aliphatic carbocycles. The largest absolute Gasteiger partial charge is 0.368 e. The Balaban J connectivity index is 1.39. The van der Waals surface area contributed by atoms with Gasteiger partial charge in [0.15, 0.2) is 0 Å². The van der Waals surface area contributed by atoms with E-state index >= 15 is 0 Å². The first-order valence-corrected chi connectivity index (χ1v) is 9.58. The summed E-state index contributed by atoms with van der Waals surface area (Å²) >= 11 is 0. The van der Waals surface area contributed by atoms with Crippen molar-refractivity contribution in [1.29, 1.82) is 0 Å². The number of piperazine rings is 1. The second kappa shape index (κ2) is 7.27. The van der Waals surface area contributed by atoms with Crippen LogP contribution in [-0.2, 0) is 0 Å². The number of benzene rings is 2. The molecule has 1 saturated heterocycles. The second-order valence-electron chi connectivity index (χ2n) is 6.97. The molecule has 1 fully saturated rings. The fourth-order valence-corrected chi connectivity index (χ4v) is 3.84. The molecule has 0 unspecified atom stereocenters. The van der Waals surface area contributed by atoms with E-state index in [9.17, 15) is 0 Å². The maximum Gasteiger partial charge on any atom is 0.147 e. The van der Waals surface area contributed by atoms with E-state index in [2.05, 4.69) is 74.4 Å². The molecule has 0 spiro atoms. The maximum atomic E-state index is 4.95. The van der Waals surface area contributed by atoms with Crippen LogP contribution in [0, 0.1) is 0 Å². The van der Waals surface area contributed by atoms with Crippen LogP contribution in [0.5, 0.6) is 0 Å². The Bertz CT molecular complexity index is 1080. The molecule has 1 aliphatic heterocycles. The van der Waals surface area contributed by atoms with Gasteiger partial charge in [-0.2, -0.15) is 0 Å². The lowest BCUT2D eigenvalue weighted by Gasteiger charge is -2.36. The summed E-state index contributed by atoms with van der Waals surface area (Å²) in [5.41, 5.74) is 3.28. The van der Waals surface area contributed by atoms with Crippen molar-refractivity contribution in [3.05, 3.63) is 79.4 Å². The molecule has 0 amide bonds. The lowest BCUT2D eigenvalue weighted by molar-refractivity contribution is 0.646. The Labute approximate surface area is 164 Å². The fraction of sp³-hybridized carbons (Fsp3) is 0.174. The van der Waals surface area contributed by atoms with Gasteiger partial charge in [0, 0.05) is 49.8 Å². The van der Waals surface area contributed by atoms with Crippen LogP contribution in [0.4, 0.5) is 11.5 Å². The number of hydrogen-bond donors (Lipinski definition) is 0. The van der Waals surface area contributed by atoms with Gasteiger partial charge in [-0.1, -0.05) is 42.5 Å². The molecule has 0 atom stereocenters. The van der Waals surface area contributed by atoms with Crippen molar-refractivity contribution in [2.24, 2.45) is 0 Å². The van der Waals surface area contributed by atoms with E-state index in [0.29, 0.717) is 0 Å². The highest BCUT2D eigenvalue weighted by Crippen LogP contribution is 2.28. The van der Waals surface area contributed by atoms with Crippen LogP contribution in [0.15, 0.2) is 79.4 Å². The van der Waals surface area contributed by atoms with Crippen molar-refractivity contribution in [3.63, 3.8) is 0 Å². The van der Waals surface area contributed by atoms with Crippen LogP contribution in [-0.4, -0.2) is 41.1 Å². The van der Waals surface area contributed by atoms with Gasteiger partial charge in [-0.15, -0.1) is 0 Å². The molecule has 5 nitrogen and oxygen atoms in total. The second-order valence-corrected chi connectivity index (χ2v) is 6.97. The molecule has 2 aromatic carbocycles. The quantitative estimate of drug-likeness (QED) is 0.547. The van der Waals surface area contributed by atoms with E-state index in [1.54, 1.807) is 0 Å². The standard InChI is InChI=1S/C23H21N5/c1-2-6-20-18(4-1)5-3-7-21(20)22-16-25-17-23(26-22)28-14-12-27(13-15-28)19-8-10-24-11-9-19/h1-11,16-17H,12-15H2. The van der Waals surface area contributed by atoms with E-state index < -0.39 is 0 Å². The van der Waals surface area contributed by atoms with Gasteiger partial charge in [0.05, 0.1) is 18.1 Å². The molecule has 28 heavy (non-hydrogen) atoms. The first kappa shape index (κ1) is 16.7. The molecule has 3 heterocycles. The van der Waals surface area contributed by atoms with Crippen molar-refractivity contribution in [2.75, 3.05) is 36.0 Å². The molecule has 0 radical (unpaired) electrons. The molecule has 5 rings (SSSR count). The molecule has 2 aromatic heterocycles. The third-order valence-corrected chi connectivity index (χ3v) is 5.32. The van der Waals surface area contributed by atoms with Gasteiger partial charge in [0.25, 0.3) is 0 Å². The average Bonchev–Trinajstić information content (AvgIpc) is 2.79. The SMILES string of the molecule is c1ccc2c(-c3cncc(N4CCN(c5ccncc5)CC4)n3)cccc2c1. The van der Waals surface area contributed by atoms with Crippen molar-refractivity contribution >= 4 is 22.3 Å². The normalized spacial score (nSPS) is 14.4. The molecule has 4 aromatic rings. The van der Waals surface area contributed by atoms with E-state index in [-0.39, 0.29) is 0 Å². The summed E-state index contributed by atoms with van der Waals surface area (Å²) in [5.74, 6) is 0.944. The lowest BCUT2D eigenvalue weighted by Crippen LogP contribution is -2.46. The Morgan fingerprint density at radius 1 is 0.679 bits per heavy atom. The number of pyridine rings is 1. The van der Waals surface area contributed by atoms with Crippen molar-refractivity contribution < 1.29 is 0 Å². The van der Waals surface area contributed by atoms with Gasteiger partial charge in [0.2, 0.25) is 0 Å². The number of rotatable bonds is 3. The molecule has 1 aliphatic rings. The maximum absolute atomic E-state index is 4.95. The zero-order valence-electron chi connectivity index (χ0n) is 15.6. The number of fused-ring (bicyclic) bond motifs is 1. The summed E-state index contributed by atoms with van der Waals surface area (Å²) in [4.78, 5) is 18.3. The molecular weight excluding hydrogens is 346 g/mol. The van der Waals surface area contributed by atoms with Crippen LogP contribution in [0.3, 0.4) is 0 Å². The van der Waals surface area contributed by atoms with Crippen LogP contribution in [0.25, 0.3) is 22.0 Å².